The first-order valence-electron chi connectivity index (χ1n) is 7.00. The van der Waals surface area contributed by atoms with Crippen LogP contribution in [0.2, 0.25) is 0 Å². The van der Waals surface area contributed by atoms with Crippen molar-refractivity contribution in [2.75, 3.05) is 6.54 Å². The number of hydrogen-bond donors (Lipinski definition) is 1. The van der Waals surface area contributed by atoms with Crippen molar-refractivity contribution in [3.8, 4) is 0 Å². The minimum absolute atomic E-state index is 0.168. The van der Waals surface area contributed by atoms with E-state index in [0.717, 1.165) is 25.9 Å². The Bertz CT molecular complexity index is 435. The summed E-state index contributed by atoms with van der Waals surface area (Å²) in [6.07, 6.45) is 8.36. The van der Waals surface area contributed by atoms with Crippen molar-refractivity contribution in [2.45, 2.75) is 64.6 Å². The third-order valence-corrected chi connectivity index (χ3v) is 3.30. The van der Waals surface area contributed by atoms with Crippen molar-refractivity contribution in [1.29, 1.82) is 0 Å². The zero-order valence-corrected chi connectivity index (χ0v) is 11.8. The van der Waals surface area contributed by atoms with E-state index >= 15 is 0 Å². The van der Waals surface area contributed by atoms with Gasteiger partial charge in [-0.3, -0.25) is 9.13 Å². The highest BCUT2D eigenvalue weighted by atomic mass is 16.1. The van der Waals surface area contributed by atoms with Crippen LogP contribution in [0.5, 0.6) is 0 Å². The molecule has 1 heterocycles. The van der Waals surface area contributed by atoms with Crippen LogP contribution in [0.3, 0.4) is 0 Å². The summed E-state index contributed by atoms with van der Waals surface area (Å²) < 4.78 is 3.73. The fourth-order valence-corrected chi connectivity index (χ4v) is 2.10. The van der Waals surface area contributed by atoms with E-state index in [4.69, 9.17) is 0 Å². The second-order valence-corrected chi connectivity index (χ2v) is 6.30. The molecule has 1 N–H and O–H groups in total. The molecule has 0 atom stereocenters. The molecule has 0 bridgehead atoms. The van der Waals surface area contributed by atoms with Crippen LogP contribution in [0.25, 0.3) is 0 Å². The van der Waals surface area contributed by atoms with Gasteiger partial charge in [-0.25, -0.2) is 4.79 Å². The summed E-state index contributed by atoms with van der Waals surface area (Å²) in [5.41, 5.74) is 0.354. The third-order valence-electron chi connectivity index (χ3n) is 3.30. The standard InChI is InChI=1S/C14H25N3O/c1-14(2,3)15-8-4-5-9-16-10-11-17(13(16)18)12-6-7-12/h10-12,15H,4-9H2,1-3H3. The second-order valence-electron chi connectivity index (χ2n) is 6.30. The van der Waals surface area contributed by atoms with Crippen LogP contribution in [-0.4, -0.2) is 21.2 Å². The van der Waals surface area contributed by atoms with Gasteiger partial charge in [-0.05, 0) is 53.0 Å². The number of unbranched alkanes of at least 4 members (excludes halogenated alkanes) is 1. The SMILES string of the molecule is CC(C)(C)NCCCCn1ccn(C2CC2)c1=O. The molecule has 2 rings (SSSR count). The van der Waals surface area contributed by atoms with Crippen molar-refractivity contribution < 1.29 is 0 Å². The average molecular weight is 251 g/mol. The summed E-state index contributed by atoms with van der Waals surface area (Å²) in [4.78, 5) is 12.0. The molecule has 4 heteroatoms. The molecule has 102 valence electrons. The Morgan fingerprint density at radius 3 is 2.61 bits per heavy atom. The van der Waals surface area contributed by atoms with Crippen LogP contribution in [0, 0.1) is 0 Å². The van der Waals surface area contributed by atoms with Crippen LogP contribution in [0.4, 0.5) is 0 Å². The van der Waals surface area contributed by atoms with Gasteiger partial charge in [0.05, 0.1) is 0 Å². The quantitative estimate of drug-likeness (QED) is 0.787. The first-order valence-corrected chi connectivity index (χ1v) is 7.00. The summed E-state index contributed by atoms with van der Waals surface area (Å²) in [5.74, 6) is 0. The first-order chi connectivity index (χ1) is 8.47. The molecule has 1 aliphatic rings. The van der Waals surface area contributed by atoms with E-state index in [2.05, 4.69) is 26.1 Å². The van der Waals surface area contributed by atoms with Crippen LogP contribution >= 0.6 is 0 Å². The zero-order valence-electron chi connectivity index (χ0n) is 11.8. The van der Waals surface area contributed by atoms with Gasteiger partial charge in [-0.15, -0.1) is 0 Å². The fraction of sp³-hybridized carbons (Fsp3) is 0.786. The molecule has 0 aliphatic heterocycles. The zero-order chi connectivity index (χ0) is 13.2. The number of rotatable bonds is 6. The Hall–Kier alpha value is -1.03. The highest BCUT2D eigenvalue weighted by molar-refractivity contribution is 4.91. The molecular formula is C14H25N3O. The van der Waals surface area contributed by atoms with E-state index in [1.54, 1.807) is 0 Å². The Labute approximate surface area is 109 Å². The maximum absolute atomic E-state index is 12.0. The molecule has 0 spiro atoms. The topological polar surface area (TPSA) is 39.0 Å². The number of nitrogens with zero attached hydrogens (tertiary/aromatic N) is 2. The van der Waals surface area contributed by atoms with E-state index in [1.165, 1.54) is 12.8 Å². The van der Waals surface area contributed by atoms with E-state index in [9.17, 15) is 4.79 Å². The van der Waals surface area contributed by atoms with Gasteiger partial charge in [0.25, 0.3) is 0 Å². The first kappa shape index (κ1) is 13.4. The highest BCUT2D eigenvalue weighted by Gasteiger charge is 2.25. The van der Waals surface area contributed by atoms with Gasteiger partial charge in [-0.2, -0.15) is 0 Å². The number of aryl methyl sites for hydroxylation is 1. The van der Waals surface area contributed by atoms with Gasteiger partial charge >= 0.3 is 5.69 Å². The Balaban J connectivity index is 1.72. The molecule has 0 radical (unpaired) electrons. The molecule has 0 amide bonds. The van der Waals surface area contributed by atoms with E-state index in [-0.39, 0.29) is 11.2 Å². The van der Waals surface area contributed by atoms with Crippen molar-refractivity contribution in [1.82, 2.24) is 14.5 Å². The molecule has 0 unspecified atom stereocenters. The lowest BCUT2D eigenvalue weighted by Gasteiger charge is -2.20. The Kier molecular flexibility index (Phi) is 3.95. The summed E-state index contributed by atoms with van der Waals surface area (Å²) in [7, 11) is 0. The predicted molar refractivity (Wildman–Crippen MR) is 74.0 cm³/mol. The van der Waals surface area contributed by atoms with Crippen molar-refractivity contribution in [3.05, 3.63) is 22.9 Å². The average Bonchev–Trinajstić information content (AvgIpc) is 3.03. The van der Waals surface area contributed by atoms with Crippen molar-refractivity contribution >= 4 is 0 Å². The third kappa shape index (κ3) is 3.73. The van der Waals surface area contributed by atoms with Gasteiger partial charge in [0.2, 0.25) is 0 Å². The van der Waals surface area contributed by atoms with E-state index < -0.39 is 0 Å². The molecule has 1 saturated carbocycles. The Morgan fingerprint density at radius 2 is 2.00 bits per heavy atom. The lowest BCUT2D eigenvalue weighted by Crippen LogP contribution is -2.36. The summed E-state index contributed by atoms with van der Waals surface area (Å²) in [5, 5.41) is 3.46. The molecule has 1 aliphatic carbocycles. The van der Waals surface area contributed by atoms with Gasteiger partial charge < -0.3 is 5.32 Å². The highest BCUT2D eigenvalue weighted by Crippen LogP contribution is 2.33. The second kappa shape index (κ2) is 5.31. The molecule has 1 fully saturated rings. The van der Waals surface area contributed by atoms with Crippen LogP contribution in [0.1, 0.15) is 52.5 Å². The molecule has 0 aromatic carbocycles. The van der Waals surface area contributed by atoms with E-state index in [1.807, 2.05) is 21.5 Å². The maximum atomic E-state index is 12.0. The smallest absolute Gasteiger partial charge is 0.312 e. The summed E-state index contributed by atoms with van der Waals surface area (Å²) >= 11 is 0. The number of aromatic nitrogens is 2. The number of hydrogen-bond acceptors (Lipinski definition) is 2. The molecule has 4 nitrogen and oxygen atoms in total. The molecule has 0 saturated heterocycles. The maximum Gasteiger partial charge on any atom is 0.328 e. The Morgan fingerprint density at radius 1 is 1.28 bits per heavy atom. The lowest BCUT2D eigenvalue weighted by atomic mass is 10.1. The summed E-state index contributed by atoms with van der Waals surface area (Å²) in [6, 6.07) is 0.487. The minimum Gasteiger partial charge on any atom is -0.312 e. The van der Waals surface area contributed by atoms with Gasteiger partial charge in [-0.1, -0.05) is 0 Å². The predicted octanol–water partition coefficient (Wildman–Crippen LogP) is 2.15. The normalized spacial score (nSPS) is 16.2. The largest absolute Gasteiger partial charge is 0.328 e. The monoisotopic (exact) mass is 251 g/mol. The molecular weight excluding hydrogens is 226 g/mol. The van der Waals surface area contributed by atoms with E-state index in [0.29, 0.717) is 6.04 Å². The van der Waals surface area contributed by atoms with Gasteiger partial charge in [0.15, 0.2) is 0 Å². The molecule has 1 aromatic rings. The van der Waals surface area contributed by atoms with Gasteiger partial charge in [0.1, 0.15) is 0 Å². The number of nitrogens with one attached hydrogen (secondary N) is 1. The van der Waals surface area contributed by atoms with Crippen LogP contribution < -0.4 is 11.0 Å². The minimum atomic E-state index is 0.168. The van der Waals surface area contributed by atoms with Crippen molar-refractivity contribution in [2.24, 2.45) is 0 Å². The number of imidazole rings is 1. The van der Waals surface area contributed by atoms with Crippen molar-refractivity contribution in [3.63, 3.8) is 0 Å². The molecule has 18 heavy (non-hydrogen) atoms. The summed E-state index contributed by atoms with van der Waals surface area (Å²) in [6.45, 7) is 8.37. The molecule has 1 aromatic heterocycles. The lowest BCUT2D eigenvalue weighted by molar-refractivity contribution is 0.413. The van der Waals surface area contributed by atoms with Crippen LogP contribution in [-0.2, 0) is 6.54 Å². The van der Waals surface area contributed by atoms with Crippen LogP contribution in [0.15, 0.2) is 17.2 Å². The van der Waals surface area contributed by atoms with Gasteiger partial charge in [0, 0.05) is 30.5 Å². The fourth-order valence-electron chi connectivity index (χ4n) is 2.10.